The lowest BCUT2D eigenvalue weighted by molar-refractivity contribution is 0.0904. The molecule has 1 amide bonds. The van der Waals surface area contributed by atoms with E-state index < -0.39 is 0 Å². The summed E-state index contributed by atoms with van der Waals surface area (Å²) in [6.07, 6.45) is 6.46. The Labute approximate surface area is 185 Å². The van der Waals surface area contributed by atoms with E-state index in [1.54, 1.807) is 0 Å². The third-order valence-electron chi connectivity index (χ3n) is 6.04. The molecule has 2 heterocycles. The van der Waals surface area contributed by atoms with Crippen LogP contribution in [-0.4, -0.2) is 32.8 Å². The van der Waals surface area contributed by atoms with E-state index in [1.165, 1.54) is 0 Å². The second-order valence-electron chi connectivity index (χ2n) is 9.38. The standard InChI is InChI=1S/C21H31N5O.2ClH/c1-13-17-15(19(27)24-21(12-22)9-5-6-10-21)11-16(14-7-8-14)23-18(17)26(25-13)20(2,3)4;;/h11,14H,5-10,12,22H2,1-4H3,(H,24,27);2*1H. The number of hydrogen-bond acceptors (Lipinski definition) is 4. The molecule has 8 heteroatoms. The van der Waals surface area contributed by atoms with Crippen molar-refractivity contribution >= 4 is 41.8 Å². The maximum atomic E-state index is 13.4. The average molecular weight is 442 g/mol. The third kappa shape index (κ3) is 4.39. The van der Waals surface area contributed by atoms with Gasteiger partial charge in [-0.25, -0.2) is 9.67 Å². The van der Waals surface area contributed by atoms with Crippen molar-refractivity contribution in [3.63, 3.8) is 0 Å². The summed E-state index contributed by atoms with van der Waals surface area (Å²) in [6.45, 7) is 8.81. The molecule has 3 N–H and O–H groups in total. The minimum Gasteiger partial charge on any atom is -0.345 e. The first-order chi connectivity index (χ1) is 12.7. The van der Waals surface area contributed by atoms with Crippen LogP contribution >= 0.6 is 24.8 Å². The number of carbonyl (C=O) groups excluding carboxylic acids is 1. The minimum absolute atomic E-state index is 0. The molecule has 29 heavy (non-hydrogen) atoms. The van der Waals surface area contributed by atoms with Gasteiger partial charge in [-0.15, -0.1) is 24.8 Å². The van der Waals surface area contributed by atoms with Gasteiger partial charge in [-0.2, -0.15) is 5.10 Å². The number of halogens is 2. The Morgan fingerprint density at radius 1 is 1.28 bits per heavy atom. The van der Waals surface area contributed by atoms with E-state index in [0.29, 0.717) is 18.0 Å². The molecule has 0 bridgehead atoms. The largest absolute Gasteiger partial charge is 0.345 e. The molecule has 6 nitrogen and oxygen atoms in total. The van der Waals surface area contributed by atoms with E-state index in [9.17, 15) is 4.79 Å². The fraction of sp³-hybridized carbons (Fsp3) is 0.667. The van der Waals surface area contributed by atoms with Crippen LogP contribution in [0.15, 0.2) is 6.07 Å². The Hall–Kier alpha value is -1.37. The van der Waals surface area contributed by atoms with Crippen molar-refractivity contribution in [1.82, 2.24) is 20.1 Å². The molecule has 0 aromatic carbocycles. The highest BCUT2D eigenvalue weighted by Gasteiger charge is 2.36. The van der Waals surface area contributed by atoms with Crippen LogP contribution in [0.5, 0.6) is 0 Å². The summed E-state index contributed by atoms with van der Waals surface area (Å²) in [6, 6.07) is 2.00. The lowest BCUT2D eigenvalue weighted by Gasteiger charge is -2.29. The molecule has 2 aromatic rings. The summed E-state index contributed by atoms with van der Waals surface area (Å²) in [4.78, 5) is 18.3. The molecular formula is C21H33Cl2N5O. The van der Waals surface area contributed by atoms with E-state index in [-0.39, 0.29) is 41.8 Å². The van der Waals surface area contributed by atoms with Crippen LogP contribution in [0.3, 0.4) is 0 Å². The molecule has 2 fully saturated rings. The molecule has 2 aromatic heterocycles. The molecule has 0 spiro atoms. The maximum Gasteiger partial charge on any atom is 0.252 e. The Morgan fingerprint density at radius 2 is 1.90 bits per heavy atom. The fourth-order valence-electron chi connectivity index (χ4n) is 4.28. The third-order valence-corrected chi connectivity index (χ3v) is 6.04. The number of rotatable bonds is 4. The summed E-state index contributed by atoms with van der Waals surface area (Å²) in [7, 11) is 0. The number of amides is 1. The Bertz CT molecular complexity index is 893. The summed E-state index contributed by atoms with van der Waals surface area (Å²) in [5.41, 5.74) is 8.98. The predicted molar refractivity (Wildman–Crippen MR) is 121 cm³/mol. The number of carbonyl (C=O) groups is 1. The van der Waals surface area contributed by atoms with Gasteiger partial charge in [0.25, 0.3) is 5.91 Å². The number of nitrogens with zero attached hydrogens (tertiary/aromatic N) is 3. The van der Waals surface area contributed by atoms with E-state index in [4.69, 9.17) is 15.8 Å². The highest BCUT2D eigenvalue weighted by atomic mass is 35.5. The van der Waals surface area contributed by atoms with E-state index in [2.05, 4.69) is 26.1 Å². The van der Waals surface area contributed by atoms with Crippen molar-refractivity contribution in [3.8, 4) is 0 Å². The normalized spacial score (nSPS) is 18.2. The van der Waals surface area contributed by atoms with Gasteiger partial charge in [0.15, 0.2) is 5.65 Å². The first kappa shape index (κ1) is 23.9. The molecule has 4 rings (SSSR count). The Balaban J connectivity index is 0.00000150. The second-order valence-corrected chi connectivity index (χ2v) is 9.38. The number of aryl methyl sites for hydroxylation is 1. The lowest BCUT2D eigenvalue weighted by Crippen LogP contribution is -2.51. The molecular weight excluding hydrogens is 409 g/mol. The quantitative estimate of drug-likeness (QED) is 0.743. The van der Waals surface area contributed by atoms with Gasteiger partial charge in [-0.1, -0.05) is 12.8 Å². The van der Waals surface area contributed by atoms with Gasteiger partial charge in [0.2, 0.25) is 0 Å². The van der Waals surface area contributed by atoms with Crippen molar-refractivity contribution in [2.24, 2.45) is 5.73 Å². The lowest BCUT2D eigenvalue weighted by atomic mass is 9.96. The molecule has 2 aliphatic carbocycles. The van der Waals surface area contributed by atoms with Crippen molar-refractivity contribution < 1.29 is 4.79 Å². The number of fused-ring (bicyclic) bond motifs is 1. The predicted octanol–water partition coefficient (Wildman–Crippen LogP) is 4.22. The molecule has 0 unspecified atom stereocenters. The first-order valence-electron chi connectivity index (χ1n) is 10.2. The average Bonchev–Trinajstić information content (AvgIpc) is 3.27. The van der Waals surface area contributed by atoms with Gasteiger partial charge in [0, 0.05) is 18.2 Å². The smallest absolute Gasteiger partial charge is 0.252 e. The molecule has 162 valence electrons. The highest BCUT2D eigenvalue weighted by Crippen LogP contribution is 2.41. The van der Waals surface area contributed by atoms with Crippen LogP contribution in [0.1, 0.15) is 87.0 Å². The molecule has 0 radical (unpaired) electrons. The maximum absolute atomic E-state index is 13.4. The van der Waals surface area contributed by atoms with Crippen LogP contribution in [-0.2, 0) is 5.54 Å². The molecule has 0 saturated heterocycles. The van der Waals surface area contributed by atoms with Crippen LogP contribution in [0.25, 0.3) is 11.0 Å². The van der Waals surface area contributed by atoms with Gasteiger partial charge in [0.1, 0.15) is 0 Å². The Kier molecular flexibility index (Phi) is 6.93. The number of aromatic nitrogens is 3. The monoisotopic (exact) mass is 441 g/mol. The van der Waals surface area contributed by atoms with Crippen LogP contribution in [0, 0.1) is 6.92 Å². The minimum atomic E-state index is -0.264. The molecule has 0 atom stereocenters. The zero-order chi connectivity index (χ0) is 19.4. The van der Waals surface area contributed by atoms with Crippen molar-refractivity contribution in [2.75, 3.05) is 6.54 Å². The first-order valence-corrected chi connectivity index (χ1v) is 10.2. The molecule has 2 aliphatic rings. The summed E-state index contributed by atoms with van der Waals surface area (Å²) >= 11 is 0. The van der Waals surface area contributed by atoms with Gasteiger partial charge in [0.05, 0.1) is 27.7 Å². The van der Waals surface area contributed by atoms with Crippen molar-refractivity contribution in [3.05, 3.63) is 23.0 Å². The topological polar surface area (TPSA) is 85.8 Å². The van der Waals surface area contributed by atoms with Crippen molar-refractivity contribution in [2.45, 2.75) is 83.2 Å². The number of nitrogens with two attached hydrogens (primary N) is 1. The highest BCUT2D eigenvalue weighted by molar-refractivity contribution is 6.07. The second kappa shape index (κ2) is 8.40. The number of pyridine rings is 1. The Morgan fingerprint density at radius 3 is 2.41 bits per heavy atom. The van der Waals surface area contributed by atoms with Gasteiger partial charge >= 0.3 is 0 Å². The summed E-state index contributed by atoms with van der Waals surface area (Å²) < 4.78 is 1.97. The van der Waals surface area contributed by atoms with Gasteiger partial charge in [-0.05, 0) is 59.4 Å². The molecule has 0 aliphatic heterocycles. The fourth-order valence-corrected chi connectivity index (χ4v) is 4.28. The summed E-state index contributed by atoms with van der Waals surface area (Å²) in [5, 5.41) is 8.90. The van der Waals surface area contributed by atoms with Crippen LogP contribution < -0.4 is 11.1 Å². The van der Waals surface area contributed by atoms with Gasteiger partial charge < -0.3 is 11.1 Å². The zero-order valence-corrected chi connectivity index (χ0v) is 19.4. The SMILES string of the molecule is Cc1nn(C(C)(C)C)c2nc(C3CC3)cc(C(=O)NC3(CN)CCCC3)c12.Cl.Cl. The van der Waals surface area contributed by atoms with E-state index >= 15 is 0 Å². The van der Waals surface area contributed by atoms with Crippen LogP contribution in [0.4, 0.5) is 0 Å². The van der Waals surface area contributed by atoms with E-state index in [1.807, 2.05) is 17.7 Å². The summed E-state index contributed by atoms with van der Waals surface area (Å²) in [5.74, 6) is 0.438. The number of hydrogen-bond donors (Lipinski definition) is 2. The van der Waals surface area contributed by atoms with Gasteiger partial charge in [-0.3, -0.25) is 4.79 Å². The number of nitrogens with one attached hydrogen (secondary N) is 1. The zero-order valence-electron chi connectivity index (χ0n) is 17.7. The molecule has 2 saturated carbocycles. The van der Waals surface area contributed by atoms with Crippen LogP contribution in [0.2, 0.25) is 0 Å². The van der Waals surface area contributed by atoms with E-state index in [0.717, 1.165) is 60.9 Å². The van der Waals surface area contributed by atoms with Crippen molar-refractivity contribution in [1.29, 1.82) is 0 Å².